The molecule has 0 saturated carbocycles. The van der Waals surface area contributed by atoms with Crippen LogP contribution in [0.5, 0.6) is 0 Å². The number of benzene rings is 1. The molecule has 0 unspecified atom stereocenters. The minimum absolute atomic E-state index is 0.646. The Morgan fingerprint density at radius 2 is 1.95 bits per heavy atom. The highest BCUT2D eigenvalue weighted by molar-refractivity contribution is 9.09. The van der Waals surface area contributed by atoms with E-state index >= 15 is 0 Å². The van der Waals surface area contributed by atoms with Crippen LogP contribution in [0.25, 0.3) is 5.65 Å². The molecule has 0 spiro atoms. The summed E-state index contributed by atoms with van der Waals surface area (Å²) in [6, 6.07) is 14.1. The molecule has 0 atom stereocenters. The van der Waals surface area contributed by atoms with Crippen LogP contribution >= 0.6 is 15.9 Å². The van der Waals surface area contributed by atoms with Crippen LogP contribution < -0.4 is 4.90 Å². The summed E-state index contributed by atoms with van der Waals surface area (Å²) in [5.74, 6) is 0.855. The highest BCUT2D eigenvalue weighted by Crippen LogP contribution is 2.14. The second-order valence-electron chi connectivity index (χ2n) is 4.31. The molecule has 0 saturated heterocycles. The lowest BCUT2D eigenvalue weighted by Crippen LogP contribution is -2.26. The van der Waals surface area contributed by atoms with Gasteiger partial charge in [0, 0.05) is 18.4 Å². The number of rotatable bonds is 5. The van der Waals surface area contributed by atoms with E-state index in [4.69, 9.17) is 0 Å². The molecule has 3 rings (SSSR count). The number of anilines is 1. The van der Waals surface area contributed by atoms with Crippen molar-refractivity contribution in [1.82, 2.24) is 25.3 Å². The molecule has 0 aliphatic rings. The van der Waals surface area contributed by atoms with E-state index in [1.807, 2.05) is 30.3 Å². The van der Waals surface area contributed by atoms with Crippen molar-refractivity contribution in [2.24, 2.45) is 0 Å². The molecule has 0 bridgehead atoms. The normalized spacial score (nSPS) is 10.8. The number of nitrogens with zero attached hydrogens (tertiary/aromatic N) is 6. The minimum Gasteiger partial charge on any atom is -0.350 e. The molecule has 1 aromatic carbocycles. The van der Waals surface area contributed by atoms with Crippen LogP contribution in [0.15, 0.2) is 42.5 Å². The predicted molar refractivity (Wildman–Crippen MR) is 79.9 cm³/mol. The fourth-order valence-corrected chi connectivity index (χ4v) is 2.42. The lowest BCUT2D eigenvalue weighted by atomic mass is 10.2. The van der Waals surface area contributed by atoms with Crippen LogP contribution in [-0.4, -0.2) is 37.1 Å². The topological polar surface area (TPSA) is 59.2 Å². The maximum Gasteiger partial charge on any atom is 0.200 e. The van der Waals surface area contributed by atoms with E-state index in [1.54, 1.807) is 0 Å². The molecule has 6 nitrogen and oxygen atoms in total. The molecule has 0 fully saturated rings. The van der Waals surface area contributed by atoms with Crippen LogP contribution in [0.2, 0.25) is 0 Å². The number of aromatic nitrogens is 5. The van der Waals surface area contributed by atoms with Gasteiger partial charge in [-0.25, -0.2) is 0 Å². The van der Waals surface area contributed by atoms with E-state index in [9.17, 15) is 0 Å². The third-order valence-corrected chi connectivity index (χ3v) is 3.30. The first-order chi connectivity index (χ1) is 9.86. The molecule has 0 amide bonds. The molecule has 20 heavy (non-hydrogen) atoms. The zero-order valence-corrected chi connectivity index (χ0v) is 12.3. The van der Waals surface area contributed by atoms with E-state index in [0.717, 1.165) is 24.2 Å². The van der Waals surface area contributed by atoms with Crippen molar-refractivity contribution in [2.75, 3.05) is 16.8 Å². The van der Waals surface area contributed by atoms with Gasteiger partial charge in [-0.05, 0) is 28.1 Å². The van der Waals surface area contributed by atoms with Crippen LogP contribution in [0.3, 0.4) is 0 Å². The molecule has 2 heterocycles. The van der Waals surface area contributed by atoms with Gasteiger partial charge in [-0.2, -0.15) is 0 Å². The summed E-state index contributed by atoms with van der Waals surface area (Å²) in [4.78, 5) is 2.19. The van der Waals surface area contributed by atoms with Gasteiger partial charge in [0.15, 0.2) is 11.5 Å². The zero-order chi connectivity index (χ0) is 13.8. The van der Waals surface area contributed by atoms with Gasteiger partial charge in [0.2, 0.25) is 0 Å². The van der Waals surface area contributed by atoms with Gasteiger partial charge < -0.3 is 4.90 Å². The fraction of sp³-hybridized carbons (Fsp3) is 0.231. The van der Waals surface area contributed by atoms with Crippen molar-refractivity contribution >= 4 is 27.4 Å². The smallest absolute Gasteiger partial charge is 0.200 e. The van der Waals surface area contributed by atoms with Crippen LogP contribution in [0.1, 0.15) is 5.56 Å². The second-order valence-corrected chi connectivity index (χ2v) is 5.11. The first kappa shape index (κ1) is 13.0. The van der Waals surface area contributed by atoms with E-state index in [1.165, 1.54) is 10.2 Å². The van der Waals surface area contributed by atoms with Crippen molar-refractivity contribution in [3.63, 3.8) is 0 Å². The first-order valence-electron chi connectivity index (χ1n) is 6.27. The Kier molecular flexibility index (Phi) is 3.87. The van der Waals surface area contributed by atoms with Gasteiger partial charge in [-0.3, -0.25) is 0 Å². The van der Waals surface area contributed by atoms with Gasteiger partial charge in [0.1, 0.15) is 0 Å². The molecule has 0 aliphatic heterocycles. The standard InChI is InChI=1S/C13H13BrN6/c14-8-9-19(10-11-4-2-1-3-5-11)13-7-6-12-15-17-18-20(12)16-13/h1-7H,8-10H2. The molecule has 0 radical (unpaired) electrons. The highest BCUT2D eigenvalue weighted by atomic mass is 79.9. The van der Waals surface area contributed by atoms with Gasteiger partial charge in [0.05, 0.1) is 0 Å². The lowest BCUT2D eigenvalue weighted by molar-refractivity contribution is 0.710. The summed E-state index contributed by atoms with van der Waals surface area (Å²) in [5, 5.41) is 16.6. The van der Waals surface area contributed by atoms with Gasteiger partial charge in [-0.15, -0.1) is 14.8 Å². The third-order valence-electron chi connectivity index (χ3n) is 2.95. The Bertz CT molecular complexity index is 683. The molecule has 0 aliphatic carbocycles. The number of hydrogen-bond donors (Lipinski definition) is 0. The summed E-state index contributed by atoms with van der Waals surface area (Å²) in [6.07, 6.45) is 0. The second kappa shape index (κ2) is 5.96. The third kappa shape index (κ3) is 2.77. The minimum atomic E-state index is 0.646. The van der Waals surface area contributed by atoms with Gasteiger partial charge in [-0.1, -0.05) is 46.3 Å². The number of alkyl halides is 1. The predicted octanol–water partition coefficient (Wildman–Crippen LogP) is 1.92. The average Bonchev–Trinajstić information content (AvgIpc) is 2.95. The average molecular weight is 333 g/mol. The Morgan fingerprint density at radius 1 is 1.10 bits per heavy atom. The molecule has 0 N–H and O–H groups in total. The summed E-state index contributed by atoms with van der Waals surface area (Å²) >= 11 is 3.49. The van der Waals surface area contributed by atoms with Gasteiger partial charge in [0.25, 0.3) is 0 Å². The Balaban J connectivity index is 1.89. The number of halogens is 1. The van der Waals surface area contributed by atoms with Crippen LogP contribution in [0, 0.1) is 0 Å². The molecule has 3 aromatic rings. The van der Waals surface area contributed by atoms with Crippen LogP contribution in [0.4, 0.5) is 5.82 Å². The van der Waals surface area contributed by atoms with Gasteiger partial charge >= 0.3 is 0 Å². The quantitative estimate of drug-likeness (QED) is 0.668. The van der Waals surface area contributed by atoms with Crippen molar-refractivity contribution in [3.8, 4) is 0 Å². The molecule has 2 aromatic heterocycles. The zero-order valence-electron chi connectivity index (χ0n) is 10.7. The van der Waals surface area contributed by atoms with E-state index in [0.29, 0.717) is 5.65 Å². The largest absolute Gasteiger partial charge is 0.350 e. The van der Waals surface area contributed by atoms with Crippen molar-refractivity contribution < 1.29 is 0 Å². The first-order valence-corrected chi connectivity index (χ1v) is 7.39. The maximum absolute atomic E-state index is 4.44. The fourth-order valence-electron chi connectivity index (χ4n) is 1.99. The molecular formula is C13H13BrN6. The highest BCUT2D eigenvalue weighted by Gasteiger charge is 2.10. The Hall–Kier alpha value is -2.02. The summed E-state index contributed by atoms with van der Waals surface area (Å²) in [6.45, 7) is 1.66. The van der Waals surface area contributed by atoms with Crippen LogP contribution in [-0.2, 0) is 6.54 Å². The number of hydrogen-bond acceptors (Lipinski definition) is 5. The van der Waals surface area contributed by atoms with Crippen molar-refractivity contribution in [2.45, 2.75) is 6.54 Å². The monoisotopic (exact) mass is 332 g/mol. The van der Waals surface area contributed by atoms with Crippen molar-refractivity contribution in [1.29, 1.82) is 0 Å². The molecule has 7 heteroatoms. The number of tetrazole rings is 1. The number of fused-ring (bicyclic) bond motifs is 1. The molecule has 102 valence electrons. The summed E-state index contributed by atoms with van der Waals surface area (Å²) in [5.41, 5.74) is 1.89. The van der Waals surface area contributed by atoms with E-state index < -0.39 is 0 Å². The van der Waals surface area contributed by atoms with Crippen molar-refractivity contribution in [3.05, 3.63) is 48.0 Å². The maximum atomic E-state index is 4.44. The summed E-state index contributed by atoms with van der Waals surface area (Å²) in [7, 11) is 0. The lowest BCUT2D eigenvalue weighted by Gasteiger charge is -2.22. The Labute approximate surface area is 124 Å². The summed E-state index contributed by atoms with van der Waals surface area (Å²) < 4.78 is 1.45. The van der Waals surface area contributed by atoms with E-state index in [-0.39, 0.29) is 0 Å². The Morgan fingerprint density at radius 3 is 2.75 bits per heavy atom. The molecular weight excluding hydrogens is 320 g/mol. The SMILES string of the molecule is BrCCN(Cc1ccccc1)c1ccc2nnnn2n1. The van der Waals surface area contributed by atoms with E-state index in [2.05, 4.69) is 53.6 Å².